The van der Waals surface area contributed by atoms with E-state index in [2.05, 4.69) is 17.6 Å². The lowest BCUT2D eigenvalue weighted by Gasteiger charge is -2.37. The van der Waals surface area contributed by atoms with Crippen LogP contribution in [0, 0.1) is 11.3 Å². The SMILES string of the molecule is CC1CCCCN1C(=O)c1ccc(NC(=O)[C@@]23CCCC[C@H]2CNC3)cc1.Cl. The molecule has 2 saturated heterocycles. The van der Waals surface area contributed by atoms with Crippen molar-refractivity contribution in [2.24, 2.45) is 11.3 Å². The fourth-order valence-corrected chi connectivity index (χ4v) is 5.21. The van der Waals surface area contributed by atoms with E-state index in [1.807, 2.05) is 29.2 Å². The Kier molecular flexibility index (Phi) is 6.66. The normalized spacial score (nSPS) is 29.5. The Hall–Kier alpha value is -1.59. The van der Waals surface area contributed by atoms with E-state index < -0.39 is 0 Å². The third-order valence-electron chi connectivity index (χ3n) is 6.94. The largest absolute Gasteiger partial charge is 0.336 e. The maximum atomic E-state index is 13.1. The molecule has 0 spiro atoms. The summed E-state index contributed by atoms with van der Waals surface area (Å²) in [6, 6.07) is 7.75. The molecule has 6 heteroatoms. The van der Waals surface area contributed by atoms with Gasteiger partial charge in [-0.2, -0.15) is 0 Å². The van der Waals surface area contributed by atoms with E-state index in [1.54, 1.807) is 0 Å². The van der Waals surface area contributed by atoms with Crippen molar-refractivity contribution >= 4 is 29.9 Å². The molecule has 1 unspecified atom stereocenters. The standard InChI is InChI=1S/C22H31N3O2.ClH/c1-16-6-3-5-13-25(16)20(26)17-8-10-19(11-9-17)24-21(27)22-12-4-2-7-18(22)14-23-15-22;/h8-11,16,18,23H,2-7,12-15H2,1H3,(H,24,27);1H/t16?,18-,22+;/m0./s1. The van der Waals surface area contributed by atoms with Crippen LogP contribution in [0.1, 0.15) is 62.2 Å². The summed E-state index contributed by atoms with van der Waals surface area (Å²) in [4.78, 5) is 27.8. The number of fused-ring (bicyclic) bond motifs is 1. The van der Waals surface area contributed by atoms with Crippen molar-refractivity contribution in [3.63, 3.8) is 0 Å². The van der Waals surface area contributed by atoms with Crippen LogP contribution in [0.4, 0.5) is 5.69 Å². The van der Waals surface area contributed by atoms with Crippen LogP contribution in [0.15, 0.2) is 24.3 Å². The lowest BCUT2D eigenvalue weighted by Crippen LogP contribution is -2.44. The molecular weight excluding hydrogens is 374 g/mol. The number of amides is 2. The van der Waals surface area contributed by atoms with E-state index in [4.69, 9.17) is 0 Å². The zero-order chi connectivity index (χ0) is 18.9. The van der Waals surface area contributed by atoms with Crippen molar-refractivity contribution < 1.29 is 9.59 Å². The van der Waals surface area contributed by atoms with Crippen molar-refractivity contribution in [3.05, 3.63) is 29.8 Å². The van der Waals surface area contributed by atoms with E-state index in [1.165, 1.54) is 12.8 Å². The number of anilines is 1. The second-order valence-corrected chi connectivity index (χ2v) is 8.60. The van der Waals surface area contributed by atoms with Crippen LogP contribution in [-0.4, -0.2) is 42.4 Å². The lowest BCUT2D eigenvalue weighted by atomic mass is 9.67. The van der Waals surface area contributed by atoms with Gasteiger partial charge in [-0.3, -0.25) is 9.59 Å². The van der Waals surface area contributed by atoms with Crippen LogP contribution in [-0.2, 0) is 4.79 Å². The predicted molar refractivity (Wildman–Crippen MR) is 114 cm³/mol. The molecule has 2 heterocycles. The molecule has 1 aromatic rings. The van der Waals surface area contributed by atoms with Gasteiger partial charge >= 0.3 is 0 Å². The topological polar surface area (TPSA) is 61.4 Å². The molecule has 1 saturated carbocycles. The molecule has 2 amide bonds. The number of carbonyl (C=O) groups is 2. The van der Waals surface area contributed by atoms with E-state index in [0.717, 1.165) is 57.4 Å². The molecule has 0 radical (unpaired) electrons. The zero-order valence-corrected chi connectivity index (χ0v) is 17.5. The number of nitrogens with one attached hydrogen (secondary N) is 2. The third kappa shape index (κ3) is 3.92. The highest BCUT2D eigenvalue weighted by molar-refractivity contribution is 5.98. The molecule has 2 aliphatic heterocycles. The second kappa shape index (κ2) is 8.83. The van der Waals surface area contributed by atoms with Crippen molar-refractivity contribution in [1.82, 2.24) is 10.2 Å². The Morgan fingerprint density at radius 2 is 1.86 bits per heavy atom. The molecular formula is C22H32ClN3O2. The van der Waals surface area contributed by atoms with Gasteiger partial charge in [-0.25, -0.2) is 0 Å². The molecule has 1 aliphatic carbocycles. The van der Waals surface area contributed by atoms with Gasteiger partial charge in [-0.05, 0) is 75.8 Å². The second-order valence-electron chi connectivity index (χ2n) is 8.60. The number of benzene rings is 1. The smallest absolute Gasteiger partial charge is 0.254 e. The van der Waals surface area contributed by atoms with Gasteiger partial charge in [0.2, 0.25) is 5.91 Å². The van der Waals surface area contributed by atoms with Crippen molar-refractivity contribution in [3.8, 4) is 0 Å². The minimum atomic E-state index is -0.254. The minimum absolute atomic E-state index is 0. The van der Waals surface area contributed by atoms with Crippen LogP contribution in [0.2, 0.25) is 0 Å². The van der Waals surface area contributed by atoms with Gasteiger partial charge in [0.05, 0.1) is 5.41 Å². The minimum Gasteiger partial charge on any atom is -0.336 e. The molecule has 0 bridgehead atoms. The number of piperidine rings is 1. The highest BCUT2D eigenvalue weighted by Gasteiger charge is 2.49. The van der Waals surface area contributed by atoms with Gasteiger partial charge < -0.3 is 15.5 Å². The molecule has 5 nitrogen and oxygen atoms in total. The van der Waals surface area contributed by atoms with Gasteiger partial charge in [0.15, 0.2) is 0 Å². The predicted octanol–water partition coefficient (Wildman–Crippen LogP) is 3.84. The lowest BCUT2D eigenvalue weighted by molar-refractivity contribution is -0.128. The molecule has 1 aromatic carbocycles. The summed E-state index contributed by atoms with van der Waals surface area (Å²) in [6.07, 6.45) is 7.84. The number of rotatable bonds is 3. The fraction of sp³-hybridized carbons (Fsp3) is 0.636. The molecule has 3 atom stereocenters. The van der Waals surface area contributed by atoms with Crippen molar-refractivity contribution in [2.45, 2.75) is 57.9 Å². The summed E-state index contributed by atoms with van der Waals surface area (Å²) in [7, 11) is 0. The Labute approximate surface area is 174 Å². The first kappa shape index (κ1) is 21.1. The van der Waals surface area contributed by atoms with E-state index >= 15 is 0 Å². The van der Waals surface area contributed by atoms with Crippen LogP contribution in [0.5, 0.6) is 0 Å². The average Bonchev–Trinajstić information content (AvgIpc) is 3.14. The molecule has 28 heavy (non-hydrogen) atoms. The Bertz CT molecular complexity index is 708. The van der Waals surface area contributed by atoms with Gasteiger partial charge in [-0.15, -0.1) is 12.4 Å². The Morgan fingerprint density at radius 1 is 1.11 bits per heavy atom. The molecule has 2 N–H and O–H groups in total. The average molecular weight is 406 g/mol. The van der Waals surface area contributed by atoms with E-state index in [-0.39, 0.29) is 29.6 Å². The maximum Gasteiger partial charge on any atom is 0.254 e. The fourth-order valence-electron chi connectivity index (χ4n) is 5.21. The van der Waals surface area contributed by atoms with Gasteiger partial charge in [0.25, 0.3) is 5.91 Å². The van der Waals surface area contributed by atoms with Gasteiger partial charge in [0.1, 0.15) is 0 Å². The van der Waals surface area contributed by atoms with E-state index in [9.17, 15) is 9.59 Å². The van der Waals surface area contributed by atoms with E-state index in [0.29, 0.717) is 17.5 Å². The Morgan fingerprint density at radius 3 is 2.61 bits per heavy atom. The number of likely N-dealkylation sites (tertiary alicyclic amines) is 1. The molecule has 154 valence electrons. The van der Waals surface area contributed by atoms with Crippen LogP contribution in [0.25, 0.3) is 0 Å². The van der Waals surface area contributed by atoms with Gasteiger partial charge in [0, 0.05) is 30.4 Å². The summed E-state index contributed by atoms with van der Waals surface area (Å²) >= 11 is 0. The number of nitrogens with zero attached hydrogens (tertiary/aromatic N) is 1. The summed E-state index contributed by atoms with van der Waals surface area (Å²) in [5, 5.41) is 6.55. The number of hydrogen-bond acceptors (Lipinski definition) is 3. The van der Waals surface area contributed by atoms with Crippen LogP contribution in [0.3, 0.4) is 0 Å². The molecule has 3 aliphatic rings. The highest BCUT2D eigenvalue weighted by Crippen LogP contribution is 2.44. The number of hydrogen-bond donors (Lipinski definition) is 2. The molecule has 3 fully saturated rings. The van der Waals surface area contributed by atoms with Crippen molar-refractivity contribution in [2.75, 3.05) is 25.0 Å². The first-order valence-electron chi connectivity index (χ1n) is 10.5. The first-order valence-corrected chi connectivity index (χ1v) is 10.5. The monoisotopic (exact) mass is 405 g/mol. The summed E-state index contributed by atoms with van der Waals surface area (Å²) in [5.74, 6) is 0.694. The van der Waals surface area contributed by atoms with Crippen molar-refractivity contribution in [1.29, 1.82) is 0 Å². The zero-order valence-electron chi connectivity index (χ0n) is 16.7. The summed E-state index contributed by atoms with van der Waals surface area (Å²) in [5.41, 5.74) is 1.24. The number of halogens is 1. The first-order chi connectivity index (χ1) is 13.1. The molecule has 0 aromatic heterocycles. The number of carbonyl (C=O) groups excluding carboxylic acids is 2. The maximum absolute atomic E-state index is 13.1. The third-order valence-corrected chi connectivity index (χ3v) is 6.94. The highest BCUT2D eigenvalue weighted by atomic mass is 35.5. The quantitative estimate of drug-likeness (QED) is 0.803. The summed E-state index contributed by atoms with van der Waals surface area (Å²) < 4.78 is 0. The summed E-state index contributed by atoms with van der Waals surface area (Å²) in [6.45, 7) is 4.71. The Balaban J connectivity index is 0.00000225. The molecule has 4 rings (SSSR count). The van der Waals surface area contributed by atoms with Gasteiger partial charge in [-0.1, -0.05) is 12.8 Å². The van der Waals surface area contributed by atoms with Crippen LogP contribution < -0.4 is 10.6 Å². The van der Waals surface area contributed by atoms with Crippen LogP contribution >= 0.6 is 12.4 Å².